The van der Waals surface area contributed by atoms with Crippen molar-refractivity contribution in [3.8, 4) is 0 Å². The number of hydrogen-bond donors (Lipinski definition) is 2. The van der Waals surface area contributed by atoms with Gasteiger partial charge in [0.1, 0.15) is 5.82 Å². The molecule has 0 atom stereocenters. The number of nitrogens with two attached hydrogens (primary N) is 1. The third-order valence-electron chi connectivity index (χ3n) is 2.00. The molecule has 0 saturated heterocycles. The van der Waals surface area contributed by atoms with Crippen LogP contribution in [-0.2, 0) is 4.79 Å². The summed E-state index contributed by atoms with van der Waals surface area (Å²) in [5.74, 6) is -0.504. The number of hydrogen-bond acceptors (Lipinski definition) is 7. The zero-order valence-corrected chi connectivity index (χ0v) is 11.7. The van der Waals surface area contributed by atoms with Crippen LogP contribution in [0.4, 0.5) is 9.52 Å². The van der Waals surface area contributed by atoms with Crippen molar-refractivity contribution in [2.75, 3.05) is 11.5 Å². The molecule has 1 amide bonds. The highest BCUT2D eigenvalue weighted by Crippen LogP contribution is 2.22. The van der Waals surface area contributed by atoms with Crippen molar-refractivity contribution in [1.29, 1.82) is 0 Å². The predicted octanol–water partition coefficient (Wildman–Crippen LogP) is 1.50. The number of hydrazone groups is 1. The number of thioether (sulfide) groups is 1. The van der Waals surface area contributed by atoms with E-state index in [0.29, 0.717) is 15.0 Å². The Balaban J connectivity index is 1.77. The highest BCUT2D eigenvalue weighted by molar-refractivity contribution is 8.01. The van der Waals surface area contributed by atoms with Crippen molar-refractivity contribution in [3.63, 3.8) is 0 Å². The molecular weight excluding hydrogens is 301 g/mol. The maximum atomic E-state index is 12.9. The Morgan fingerprint density at radius 3 is 3.10 bits per heavy atom. The SMILES string of the molecule is Nc1nnc(SCC(=O)NN=Cc2cccc(F)c2)s1. The van der Waals surface area contributed by atoms with E-state index >= 15 is 0 Å². The lowest BCUT2D eigenvalue weighted by molar-refractivity contribution is -0.118. The number of nitrogens with zero attached hydrogens (tertiary/aromatic N) is 3. The van der Waals surface area contributed by atoms with Crippen molar-refractivity contribution in [2.24, 2.45) is 5.10 Å². The summed E-state index contributed by atoms with van der Waals surface area (Å²) in [6.07, 6.45) is 1.37. The van der Waals surface area contributed by atoms with E-state index in [4.69, 9.17) is 5.73 Å². The van der Waals surface area contributed by atoms with Gasteiger partial charge < -0.3 is 5.73 Å². The first-order valence-corrected chi connectivity index (χ1v) is 7.23. The Hall–Kier alpha value is -2.00. The van der Waals surface area contributed by atoms with Crippen molar-refractivity contribution in [2.45, 2.75) is 4.34 Å². The number of amides is 1. The number of carbonyl (C=O) groups is 1. The summed E-state index contributed by atoms with van der Waals surface area (Å²) in [6.45, 7) is 0. The molecule has 0 unspecified atom stereocenters. The van der Waals surface area contributed by atoms with Crippen LogP contribution >= 0.6 is 23.1 Å². The Bertz CT molecular complexity index is 631. The first-order valence-electron chi connectivity index (χ1n) is 5.43. The first-order chi connectivity index (χ1) is 9.63. The Kier molecular flexibility index (Phi) is 5.02. The second kappa shape index (κ2) is 6.96. The fourth-order valence-corrected chi connectivity index (χ4v) is 2.63. The van der Waals surface area contributed by atoms with Crippen LogP contribution in [0.2, 0.25) is 0 Å². The van der Waals surface area contributed by atoms with Crippen LogP contribution in [0.25, 0.3) is 0 Å². The number of rotatable bonds is 5. The van der Waals surface area contributed by atoms with Gasteiger partial charge in [-0.15, -0.1) is 10.2 Å². The van der Waals surface area contributed by atoms with Crippen molar-refractivity contribution in [3.05, 3.63) is 35.6 Å². The number of nitrogen functional groups attached to an aromatic ring is 1. The lowest BCUT2D eigenvalue weighted by Crippen LogP contribution is -2.19. The fraction of sp³-hybridized carbons (Fsp3) is 0.0909. The van der Waals surface area contributed by atoms with Crippen molar-refractivity contribution >= 4 is 40.4 Å². The van der Waals surface area contributed by atoms with Gasteiger partial charge in [-0.05, 0) is 17.7 Å². The molecule has 0 radical (unpaired) electrons. The van der Waals surface area contributed by atoms with E-state index in [1.807, 2.05) is 0 Å². The predicted molar refractivity (Wildman–Crippen MR) is 77.2 cm³/mol. The van der Waals surface area contributed by atoms with Gasteiger partial charge >= 0.3 is 0 Å². The molecule has 0 fully saturated rings. The van der Waals surface area contributed by atoms with E-state index in [2.05, 4.69) is 20.7 Å². The van der Waals surface area contributed by atoms with E-state index in [9.17, 15) is 9.18 Å². The summed E-state index contributed by atoms with van der Waals surface area (Å²) in [5.41, 5.74) is 8.32. The van der Waals surface area contributed by atoms with Crippen LogP contribution in [0.1, 0.15) is 5.56 Å². The molecule has 3 N–H and O–H groups in total. The molecule has 2 rings (SSSR count). The van der Waals surface area contributed by atoms with Crippen LogP contribution < -0.4 is 11.2 Å². The number of halogens is 1. The minimum absolute atomic E-state index is 0.148. The molecule has 1 aromatic heterocycles. The van der Waals surface area contributed by atoms with Gasteiger partial charge in [0, 0.05) is 0 Å². The summed E-state index contributed by atoms with van der Waals surface area (Å²) in [6, 6.07) is 5.89. The molecule has 1 heterocycles. The van der Waals surface area contributed by atoms with Gasteiger partial charge in [0.05, 0.1) is 12.0 Å². The number of anilines is 1. The number of nitrogens with one attached hydrogen (secondary N) is 1. The first kappa shape index (κ1) is 14.4. The standard InChI is InChI=1S/C11H10FN5OS2/c12-8-3-1-2-7(4-8)5-14-15-9(18)6-19-11-17-16-10(13)20-11/h1-5H,6H2,(H2,13,16)(H,15,18). The zero-order chi connectivity index (χ0) is 14.4. The lowest BCUT2D eigenvalue weighted by atomic mass is 10.2. The van der Waals surface area contributed by atoms with Crippen LogP contribution in [0.15, 0.2) is 33.7 Å². The zero-order valence-electron chi connectivity index (χ0n) is 10.1. The van der Waals surface area contributed by atoms with E-state index in [1.54, 1.807) is 12.1 Å². The molecule has 1 aromatic carbocycles. The summed E-state index contributed by atoms with van der Waals surface area (Å²) in [5, 5.41) is 11.5. The molecule has 0 bridgehead atoms. The molecule has 0 spiro atoms. The Labute approximate surface area is 122 Å². The van der Waals surface area contributed by atoms with E-state index in [0.717, 1.165) is 0 Å². The molecule has 20 heavy (non-hydrogen) atoms. The van der Waals surface area contributed by atoms with E-state index in [1.165, 1.54) is 41.4 Å². The number of aromatic nitrogens is 2. The van der Waals surface area contributed by atoms with Gasteiger partial charge in [-0.2, -0.15) is 5.10 Å². The van der Waals surface area contributed by atoms with Crippen LogP contribution in [0.5, 0.6) is 0 Å². The molecule has 104 valence electrons. The van der Waals surface area contributed by atoms with Crippen LogP contribution in [-0.4, -0.2) is 28.1 Å². The highest BCUT2D eigenvalue weighted by Gasteiger charge is 2.05. The molecule has 6 nitrogen and oxygen atoms in total. The monoisotopic (exact) mass is 311 g/mol. The summed E-state index contributed by atoms with van der Waals surface area (Å²) >= 11 is 2.43. The second-order valence-corrected chi connectivity index (χ2v) is 5.77. The summed E-state index contributed by atoms with van der Waals surface area (Å²) < 4.78 is 13.5. The number of benzene rings is 1. The minimum atomic E-state index is -0.357. The molecule has 0 aliphatic carbocycles. The molecule has 9 heteroatoms. The molecule has 0 saturated carbocycles. The van der Waals surface area contributed by atoms with Gasteiger partial charge in [-0.1, -0.05) is 35.2 Å². The molecular formula is C11H10FN5OS2. The number of carbonyl (C=O) groups excluding carboxylic acids is 1. The van der Waals surface area contributed by atoms with Gasteiger partial charge in [0.25, 0.3) is 5.91 Å². The third kappa shape index (κ3) is 4.59. The summed E-state index contributed by atoms with van der Waals surface area (Å²) in [7, 11) is 0. The van der Waals surface area contributed by atoms with E-state index in [-0.39, 0.29) is 17.5 Å². The maximum absolute atomic E-state index is 12.9. The minimum Gasteiger partial charge on any atom is -0.374 e. The van der Waals surface area contributed by atoms with E-state index < -0.39 is 0 Å². The highest BCUT2D eigenvalue weighted by atomic mass is 32.2. The quantitative estimate of drug-likeness (QED) is 0.496. The average Bonchev–Trinajstić information content (AvgIpc) is 2.82. The largest absolute Gasteiger partial charge is 0.374 e. The Morgan fingerprint density at radius 1 is 1.55 bits per heavy atom. The van der Waals surface area contributed by atoms with Gasteiger partial charge in [-0.3, -0.25) is 4.79 Å². The fourth-order valence-electron chi connectivity index (χ4n) is 1.20. The van der Waals surface area contributed by atoms with Gasteiger partial charge in [-0.25, -0.2) is 9.82 Å². The topological polar surface area (TPSA) is 93.3 Å². The maximum Gasteiger partial charge on any atom is 0.250 e. The van der Waals surface area contributed by atoms with Crippen molar-refractivity contribution in [1.82, 2.24) is 15.6 Å². The van der Waals surface area contributed by atoms with Crippen molar-refractivity contribution < 1.29 is 9.18 Å². The van der Waals surface area contributed by atoms with Gasteiger partial charge in [0.15, 0.2) is 4.34 Å². The molecule has 0 aliphatic heterocycles. The lowest BCUT2D eigenvalue weighted by Gasteiger charge is -1.97. The Morgan fingerprint density at radius 2 is 2.40 bits per heavy atom. The molecule has 0 aliphatic rings. The third-order valence-corrected chi connectivity index (χ3v) is 3.89. The molecule has 2 aromatic rings. The van der Waals surface area contributed by atoms with Crippen LogP contribution in [0.3, 0.4) is 0 Å². The average molecular weight is 311 g/mol. The van der Waals surface area contributed by atoms with Gasteiger partial charge in [0.2, 0.25) is 5.13 Å². The normalized spacial score (nSPS) is 10.8. The second-order valence-electron chi connectivity index (χ2n) is 3.54. The summed E-state index contributed by atoms with van der Waals surface area (Å²) in [4.78, 5) is 11.5. The van der Waals surface area contributed by atoms with Crippen LogP contribution in [0, 0.1) is 5.82 Å². The smallest absolute Gasteiger partial charge is 0.250 e.